The molecular formula is C17H29NO2S. The summed E-state index contributed by atoms with van der Waals surface area (Å²) in [7, 11) is -3.43. The van der Waals surface area contributed by atoms with Crippen molar-refractivity contribution in [3.63, 3.8) is 0 Å². The van der Waals surface area contributed by atoms with Crippen LogP contribution in [0.5, 0.6) is 0 Å². The van der Waals surface area contributed by atoms with Crippen molar-refractivity contribution in [1.29, 1.82) is 0 Å². The van der Waals surface area contributed by atoms with Gasteiger partial charge in [-0.05, 0) is 50.3 Å². The van der Waals surface area contributed by atoms with Crippen LogP contribution in [0.3, 0.4) is 0 Å². The van der Waals surface area contributed by atoms with Gasteiger partial charge in [0.05, 0.1) is 4.90 Å². The first-order valence-corrected chi connectivity index (χ1v) is 9.33. The monoisotopic (exact) mass is 311 g/mol. The molecule has 0 spiro atoms. The van der Waals surface area contributed by atoms with E-state index in [9.17, 15) is 8.42 Å². The third-order valence-electron chi connectivity index (χ3n) is 4.17. The maximum absolute atomic E-state index is 12.9. The zero-order chi connectivity index (χ0) is 16.2. The zero-order valence-corrected chi connectivity index (χ0v) is 14.9. The molecule has 21 heavy (non-hydrogen) atoms. The maximum Gasteiger partial charge on any atom is 0.243 e. The van der Waals surface area contributed by atoms with Gasteiger partial charge >= 0.3 is 0 Å². The molecule has 0 aliphatic rings. The molecule has 0 aromatic heterocycles. The third kappa shape index (κ3) is 4.07. The number of rotatable bonds is 7. The predicted octanol–water partition coefficient (Wildman–Crippen LogP) is 4.40. The van der Waals surface area contributed by atoms with E-state index >= 15 is 0 Å². The summed E-state index contributed by atoms with van der Waals surface area (Å²) in [6.45, 7) is 12.2. The molecule has 0 N–H and O–H groups in total. The van der Waals surface area contributed by atoms with Crippen molar-refractivity contribution >= 4 is 10.0 Å². The van der Waals surface area contributed by atoms with Crippen LogP contribution in [0.4, 0.5) is 0 Å². The lowest BCUT2D eigenvalue weighted by molar-refractivity contribution is 0.262. The van der Waals surface area contributed by atoms with Gasteiger partial charge in [0, 0.05) is 12.1 Å². The number of nitrogens with zero attached hydrogens (tertiary/aromatic N) is 1. The molecule has 0 bridgehead atoms. The molecule has 0 heterocycles. The van der Waals surface area contributed by atoms with Gasteiger partial charge < -0.3 is 0 Å². The van der Waals surface area contributed by atoms with E-state index in [4.69, 9.17) is 0 Å². The standard InChI is InChI=1S/C17H29NO2S/c1-7-14(5)18(15(6)8-2)21(19,20)17-11-9-16(10-12-17)13(3)4/h9-15H,7-8H2,1-6H3. The summed E-state index contributed by atoms with van der Waals surface area (Å²) < 4.78 is 27.5. The maximum atomic E-state index is 12.9. The highest BCUT2D eigenvalue weighted by atomic mass is 32.2. The Morgan fingerprint density at radius 3 is 1.67 bits per heavy atom. The quantitative estimate of drug-likeness (QED) is 0.748. The molecule has 0 saturated carbocycles. The first-order chi connectivity index (χ1) is 9.75. The molecule has 2 atom stereocenters. The molecule has 1 aromatic rings. The van der Waals surface area contributed by atoms with Gasteiger partial charge in [-0.25, -0.2) is 8.42 Å². The van der Waals surface area contributed by atoms with Gasteiger partial charge in [-0.2, -0.15) is 4.31 Å². The van der Waals surface area contributed by atoms with Gasteiger partial charge in [-0.15, -0.1) is 0 Å². The van der Waals surface area contributed by atoms with Crippen molar-refractivity contribution < 1.29 is 8.42 Å². The number of hydrogen-bond donors (Lipinski definition) is 0. The van der Waals surface area contributed by atoms with Gasteiger partial charge in [-0.3, -0.25) is 0 Å². The van der Waals surface area contributed by atoms with Crippen molar-refractivity contribution in [1.82, 2.24) is 4.31 Å². The molecule has 120 valence electrons. The van der Waals surface area contributed by atoms with Gasteiger partial charge in [0.25, 0.3) is 0 Å². The van der Waals surface area contributed by atoms with Crippen LogP contribution in [-0.4, -0.2) is 24.8 Å². The fourth-order valence-corrected chi connectivity index (χ4v) is 4.38. The highest BCUT2D eigenvalue weighted by Crippen LogP contribution is 2.25. The lowest BCUT2D eigenvalue weighted by atomic mass is 10.0. The average molecular weight is 311 g/mol. The Balaban J connectivity index is 3.22. The van der Waals surface area contributed by atoms with Crippen molar-refractivity contribution in [3.05, 3.63) is 29.8 Å². The van der Waals surface area contributed by atoms with Gasteiger partial charge in [0.1, 0.15) is 0 Å². The minimum absolute atomic E-state index is 0.00900. The van der Waals surface area contributed by atoms with Crippen molar-refractivity contribution in [2.75, 3.05) is 0 Å². The number of sulfonamides is 1. The fraction of sp³-hybridized carbons (Fsp3) is 0.647. The summed E-state index contributed by atoms with van der Waals surface area (Å²) in [6, 6.07) is 7.33. The van der Waals surface area contributed by atoms with E-state index in [1.54, 1.807) is 16.4 Å². The Hall–Kier alpha value is -0.870. The molecule has 0 aliphatic carbocycles. The molecule has 2 unspecified atom stereocenters. The van der Waals surface area contributed by atoms with E-state index in [0.717, 1.165) is 18.4 Å². The van der Waals surface area contributed by atoms with Crippen LogP contribution in [0.15, 0.2) is 29.2 Å². The van der Waals surface area contributed by atoms with Gasteiger partial charge in [0.15, 0.2) is 0 Å². The van der Waals surface area contributed by atoms with E-state index in [-0.39, 0.29) is 12.1 Å². The SMILES string of the molecule is CCC(C)N(C(C)CC)S(=O)(=O)c1ccc(C(C)C)cc1. The van der Waals surface area contributed by atoms with E-state index in [1.165, 1.54) is 0 Å². The second-order valence-electron chi connectivity index (χ2n) is 6.07. The molecule has 3 nitrogen and oxygen atoms in total. The van der Waals surface area contributed by atoms with Crippen molar-refractivity contribution in [2.24, 2.45) is 0 Å². The summed E-state index contributed by atoms with van der Waals surface area (Å²) in [5, 5.41) is 0. The van der Waals surface area contributed by atoms with Gasteiger partial charge in [-0.1, -0.05) is 39.8 Å². The van der Waals surface area contributed by atoms with Crippen LogP contribution < -0.4 is 0 Å². The molecule has 0 fully saturated rings. The minimum atomic E-state index is -3.43. The number of benzene rings is 1. The first-order valence-electron chi connectivity index (χ1n) is 7.89. The average Bonchev–Trinajstić information content (AvgIpc) is 2.46. The molecule has 0 amide bonds. The van der Waals surface area contributed by atoms with Crippen molar-refractivity contribution in [2.45, 2.75) is 77.3 Å². The fourth-order valence-electron chi connectivity index (χ4n) is 2.41. The molecule has 4 heteroatoms. The van der Waals surface area contributed by atoms with Crippen LogP contribution in [0.2, 0.25) is 0 Å². The van der Waals surface area contributed by atoms with Crippen LogP contribution in [0.1, 0.15) is 65.9 Å². The van der Waals surface area contributed by atoms with E-state index in [1.807, 2.05) is 39.8 Å². The summed E-state index contributed by atoms with van der Waals surface area (Å²) >= 11 is 0. The Kier molecular flexibility index (Phi) is 6.41. The van der Waals surface area contributed by atoms with Crippen LogP contribution >= 0.6 is 0 Å². The molecule has 0 saturated heterocycles. The lowest BCUT2D eigenvalue weighted by Crippen LogP contribution is -2.44. The smallest absolute Gasteiger partial charge is 0.207 e. The van der Waals surface area contributed by atoms with E-state index in [0.29, 0.717) is 10.8 Å². The van der Waals surface area contributed by atoms with Crippen molar-refractivity contribution in [3.8, 4) is 0 Å². The van der Waals surface area contributed by atoms with Crippen LogP contribution in [0.25, 0.3) is 0 Å². The lowest BCUT2D eigenvalue weighted by Gasteiger charge is -2.32. The molecule has 1 aromatic carbocycles. The molecule has 0 aliphatic heterocycles. The Morgan fingerprint density at radius 2 is 1.33 bits per heavy atom. The summed E-state index contributed by atoms with van der Waals surface area (Å²) in [5.41, 5.74) is 1.16. The summed E-state index contributed by atoms with van der Waals surface area (Å²) in [4.78, 5) is 0.396. The molecular weight excluding hydrogens is 282 g/mol. The molecule has 1 rings (SSSR count). The highest BCUT2D eigenvalue weighted by Gasteiger charge is 2.31. The Morgan fingerprint density at radius 1 is 0.905 bits per heavy atom. The zero-order valence-electron chi connectivity index (χ0n) is 14.1. The van der Waals surface area contributed by atoms with E-state index < -0.39 is 10.0 Å². The first kappa shape index (κ1) is 18.2. The molecule has 0 radical (unpaired) electrons. The second kappa shape index (κ2) is 7.41. The van der Waals surface area contributed by atoms with E-state index in [2.05, 4.69) is 13.8 Å². The second-order valence-corrected chi connectivity index (χ2v) is 7.92. The number of hydrogen-bond acceptors (Lipinski definition) is 2. The largest absolute Gasteiger partial charge is 0.243 e. The normalized spacial score (nSPS) is 15.4. The minimum Gasteiger partial charge on any atom is -0.207 e. The third-order valence-corrected chi connectivity index (χ3v) is 6.32. The Bertz CT molecular complexity index is 524. The summed E-state index contributed by atoms with van der Waals surface area (Å²) in [6.07, 6.45) is 1.63. The topological polar surface area (TPSA) is 37.4 Å². The Labute approximate surface area is 130 Å². The predicted molar refractivity (Wildman–Crippen MR) is 89.1 cm³/mol. The summed E-state index contributed by atoms with van der Waals surface area (Å²) in [5.74, 6) is 0.405. The van der Waals surface area contributed by atoms with Crippen LogP contribution in [0, 0.1) is 0 Å². The van der Waals surface area contributed by atoms with Crippen LogP contribution in [-0.2, 0) is 10.0 Å². The highest BCUT2D eigenvalue weighted by molar-refractivity contribution is 7.89. The van der Waals surface area contributed by atoms with Gasteiger partial charge in [0.2, 0.25) is 10.0 Å².